The molecule has 0 fully saturated rings. The summed E-state index contributed by atoms with van der Waals surface area (Å²) >= 11 is 6.04. The smallest absolute Gasteiger partial charge is 0.337 e. The number of rotatable bonds is 9. The zero-order valence-corrected chi connectivity index (χ0v) is 23.6. The number of fused-ring (bicyclic) bond motifs is 1. The van der Waals surface area contributed by atoms with E-state index in [4.69, 9.17) is 30.8 Å². The number of carbonyl (C=O) groups is 2. The predicted octanol–water partition coefficient (Wildman–Crippen LogP) is 6.69. The topological polar surface area (TPSA) is 99.1 Å². The van der Waals surface area contributed by atoms with E-state index in [2.05, 4.69) is 10.5 Å². The summed E-state index contributed by atoms with van der Waals surface area (Å²) in [5.74, 6) is 0.275. The number of aromatic nitrogens is 1. The van der Waals surface area contributed by atoms with Crippen molar-refractivity contribution in [3.63, 3.8) is 0 Å². The van der Waals surface area contributed by atoms with Crippen LogP contribution in [0.25, 0.3) is 22.2 Å². The maximum absolute atomic E-state index is 13.2. The van der Waals surface area contributed by atoms with Crippen LogP contribution in [-0.4, -0.2) is 37.3 Å². The summed E-state index contributed by atoms with van der Waals surface area (Å²) in [4.78, 5) is 29.6. The molecule has 0 atom stereocenters. The maximum Gasteiger partial charge on any atom is 0.337 e. The molecule has 0 saturated carbocycles. The number of benzene rings is 4. The molecule has 1 aromatic heterocycles. The van der Waals surface area contributed by atoms with Crippen molar-refractivity contribution in [1.29, 1.82) is 0 Å². The van der Waals surface area contributed by atoms with Crippen LogP contribution in [0.2, 0.25) is 5.02 Å². The molecule has 0 unspecified atom stereocenters. The molecule has 1 heterocycles. The number of hydrogen-bond acceptors (Lipinski definition) is 7. The Morgan fingerprint density at radius 3 is 2.40 bits per heavy atom. The fourth-order valence-corrected chi connectivity index (χ4v) is 4.38. The van der Waals surface area contributed by atoms with Crippen molar-refractivity contribution in [2.75, 3.05) is 14.2 Å². The fraction of sp³-hybridized carbons (Fsp3) is 0.0909. The average molecular weight is 580 g/mol. The molecule has 0 aliphatic heterocycles. The summed E-state index contributed by atoms with van der Waals surface area (Å²) in [7, 11) is 2.89. The van der Waals surface area contributed by atoms with Crippen LogP contribution < -0.4 is 14.9 Å². The summed E-state index contributed by atoms with van der Waals surface area (Å²) in [6.45, 7) is 0.277. The molecule has 8 nitrogen and oxygen atoms in total. The van der Waals surface area contributed by atoms with Gasteiger partial charge in [0.05, 0.1) is 42.8 Å². The van der Waals surface area contributed by atoms with Gasteiger partial charge in [0.25, 0.3) is 5.91 Å². The molecule has 0 radical (unpaired) electrons. The maximum atomic E-state index is 13.2. The molecule has 0 saturated heterocycles. The lowest BCUT2D eigenvalue weighted by atomic mass is 10.0. The minimum absolute atomic E-state index is 0.277. The minimum Gasteiger partial charge on any atom is -0.493 e. The zero-order chi connectivity index (χ0) is 29.5. The highest BCUT2D eigenvalue weighted by atomic mass is 35.5. The van der Waals surface area contributed by atoms with E-state index >= 15 is 0 Å². The van der Waals surface area contributed by atoms with Crippen LogP contribution in [0.5, 0.6) is 11.5 Å². The van der Waals surface area contributed by atoms with Crippen LogP contribution in [0.4, 0.5) is 0 Å². The first kappa shape index (κ1) is 28.3. The first-order chi connectivity index (χ1) is 20.4. The molecule has 0 bridgehead atoms. The number of halogens is 1. The summed E-state index contributed by atoms with van der Waals surface area (Å²) < 4.78 is 16.1. The van der Waals surface area contributed by atoms with Gasteiger partial charge in [-0.25, -0.2) is 15.2 Å². The Bertz CT molecular complexity index is 1770. The van der Waals surface area contributed by atoms with Crippen LogP contribution in [0, 0.1) is 0 Å². The zero-order valence-electron chi connectivity index (χ0n) is 22.8. The highest BCUT2D eigenvalue weighted by Crippen LogP contribution is 2.29. The second-order valence-corrected chi connectivity index (χ2v) is 9.60. The molecule has 0 aliphatic carbocycles. The van der Waals surface area contributed by atoms with E-state index in [-0.39, 0.29) is 12.5 Å². The lowest BCUT2D eigenvalue weighted by Crippen LogP contribution is -2.18. The van der Waals surface area contributed by atoms with Gasteiger partial charge < -0.3 is 14.2 Å². The molecule has 210 valence electrons. The lowest BCUT2D eigenvalue weighted by molar-refractivity contribution is 0.0600. The average Bonchev–Trinajstić information content (AvgIpc) is 3.03. The summed E-state index contributed by atoms with van der Waals surface area (Å²) in [5.41, 5.74) is 7.30. The molecule has 9 heteroatoms. The Balaban J connectivity index is 1.28. The van der Waals surface area contributed by atoms with Gasteiger partial charge in [-0.2, -0.15) is 5.10 Å². The Morgan fingerprint density at radius 2 is 1.67 bits per heavy atom. The third-order valence-corrected chi connectivity index (χ3v) is 6.69. The van der Waals surface area contributed by atoms with Crippen molar-refractivity contribution >= 4 is 40.6 Å². The Labute approximate surface area is 247 Å². The molecule has 42 heavy (non-hydrogen) atoms. The van der Waals surface area contributed by atoms with Crippen molar-refractivity contribution in [2.24, 2.45) is 5.10 Å². The highest BCUT2D eigenvalue weighted by molar-refractivity contribution is 6.30. The van der Waals surface area contributed by atoms with Gasteiger partial charge in [0.15, 0.2) is 11.5 Å². The third-order valence-electron chi connectivity index (χ3n) is 6.44. The highest BCUT2D eigenvalue weighted by Gasteiger charge is 2.14. The van der Waals surface area contributed by atoms with E-state index in [9.17, 15) is 9.59 Å². The SMILES string of the molecule is COC(=O)c1ccc(COc2ccc(/C=N\NC(=O)c3cc(-c4ccc(Cl)cc4)nc4ccccc34)cc2OC)cc1. The molecular weight excluding hydrogens is 554 g/mol. The van der Waals surface area contributed by atoms with Crippen LogP contribution in [0.3, 0.4) is 0 Å². The second kappa shape index (κ2) is 13.0. The van der Waals surface area contributed by atoms with Gasteiger partial charge in [-0.15, -0.1) is 0 Å². The number of carbonyl (C=O) groups excluding carboxylic acids is 2. The van der Waals surface area contributed by atoms with Crippen LogP contribution in [0.15, 0.2) is 102 Å². The quantitative estimate of drug-likeness (QED) is 0.119. The molecule has 0 aliphatic rings. The van der Waals surface area contributed by atoms with Gasteiger partial charge in [-0.1, -0.05) is 54.1 Å². The molecule has 5 rings (SSSR count). The fourth-order valence-electron chi connectivity index (χ4n) is 4.26. The number of methoxy groups -OCH3 is 2. The van der Waals surface area contributed by atoms with Crippen molar-refractivity contribution in [3.8, 4) is 22.8 Å². The number of pyridine rings is 1. The molecule has 5 aromatic rings. The van der Waals surface area contributed by atoms with E-state index in [0.29, 0.717) is 49.8 Å². The van der Waals surface area contributed by atoms with E-state index in [1.807, 2.05) is 36.4 Å². The standard InChI is InChI=1S/C33H26ClN3O5/c1-40-31-17-22(9-16-30(31)42-20-21-7-10-24(11-8-21)33(39)41-2)19-35-37-32(38)27-18-29(23-12-14-25(34)15-13-23)36-28-6-4-3-5-26(27)28/h3-19H,20H2,1-2H3,(H,37,38)/b35-19-. The van der Waals surface area contributed by atoms with Gasteiger partial charge in [0.1, 0.15) is 6.61 Å². The molecular formula is C33H26ClN3O5. The Morgan fingerprint density at radius 1 is 0.905 bits per heavy atom. The van der Waals surface area contributed by atoms with Crippen molar-refractivity contribution in [2.45, 2.75) is 6.61 Å². The number of hydrogen-bond donors (Lipinski definition) is 1. The van der Waals surface area contributed by atoms with Crippen LogP contribution in [0.1, 0.15) is 31.8 Å². The van der Waals surface area contributed by atoms with Crippen molar-refractivity contribution in [1.82, 2.24) is 10.4 Å². The van der Waals surface area contributed by atoms with E-state index < -0.39 is 5.97 Å². The van der Waals surface area contributed by atoms with E-state index in [1.165, 1.54) is 13.3 Å². The third kappa shape index (κ3) is 6.56. The van der Waals surface area contributed by atoms with E-state index in [1.54, 1.807) is 67.8 Å². The number of hydrazone groups is 1. The molecule has 1 N–H and O–H groups in total. The number of para-hydroxylation sites is 1. The van der Waals surface area contributed by atoms with E-state index in [0.717, 1.165) is 11.1 Å². The van der Waals surface area contributed by atoms with Gasteiger partial charge in [0.2, 0.25) is 0 Å². The number of nitrogens with one attached hydrogen (secondary N) is 1. The van der Waals surface area contributed by atoms with Crippen molar-refractivity contribution in [3.05, 3.63) is 124 Å². The predicted molar refractivity (Wildman–Crippen MR) is 162 cm³/mol. The number of nitrogens with zero attached hydrogens (tertiary/aromatic N) is 2. The summed E-state index contributed by atoms with van der Waals surface area (Å²) in [5, 5.41) is 5.50. The molecule has 0 spiro atoms. The Kier molecular flexibility index (Phi) is 8.75. The summed E-state index contributed by atoms with van der Waals surface area (Å²) in [6, 6.07) is 28.8. The first-order valence-electron chi connectivity index (χ1n) is 12.9. The molecule has 1 amide bonds. The minimum atomic E-state index is -0.394. The lowest BCUT2D eigenvalue weighted by Gasteiger charge is -2.12. The van der Waals surface area contributed by atoms with Gasteiger partial charge >= 0.3 is 5.97 Å². The van der Waals surface area contributed by atoms with Crippen LogP contribution >= 0.6 is 11.6 Å². The first-order valence-corrected chi connectivity index (χ1v) is 13.3. The normalized spacial score (nSPS) is 10.9. The van der Waals surface area contributed by atoms with Gasteiger partial charge in [-0.05, 0) is 65.7 Å². The number of amides is 1. The molecule has 4 aromatic carbocycles. The summed E-state index contributed by atoms with van der Waals surface area (Å²) in [6.07, 6.45) is 1.53. The second-order valence-electron chi connectivity index (χ2n) is 9.17. The van der Waals surface area contributed by atoms with Crippen molar-refractivity contribution < 1.29 is 23.8 Å². The van der Waals surface area contributed by atoms with Gasteiger partial charge in [0, 0.05) is 16.0 Å². The van der Waals surface area contributed by atoms with Crippen LogP contribution in [-0.2, 0) is 11.3 Å². The number of ether oxygens (including phenoxy) is 3. The monoisotopic (exact) mass is 579 g/mol. The largest absolute Gasteiger partial charge is 0.493 e. The van der Waals surface area contributed by atoms with Gasteiger partial charge in [-0.3, -0.25) is 4.79 Å². The Hall–Kier alpha value is -5.21. The number of esters is 1.